The van der Waals surface area contributed by atoms with Gasteiger partial charge < -0.3 is 15.6 Å². The molecule has 1 aliphatic carbocycles. The van der Waals surface area contributed by atoms with E-state index < -0.39 is 0 Å². The van der Waals surface area contributed by atoms with E-state index in [1.165, 1.54) is 12.4 Å². The largest absolute Gasteiger partial charge is 0.359 e. The number of aromatic amines is 1. The fraction of sp³-hybridized carbons (Fsp3) is 0.600. The van der Waals surface area contributed by atoms with Gasteiger partial charge >= 0.3 is 0 Å². The lowest BCUT2D eigenvalue weighted by molar-refractivity contribution is 0.270. The lowest BCUT2D eigenvalue weighted by Crippen LogP contribution is -2.42. The van der Waals surface area contributed by atoms with Crippen LogP contribution in [0, 0.1) is 5.92 Å². The van der Waals surface area contributed by atoms with Gasteiger partial charge in [-0.3, -0.25) is 4.79 Å². The Bertz CT molecular complexity index is 383. The molecule has 5 nitrogen and oxygen atoms in total. The summed E-state index contributed by atoms with van der Waals surface area (Å²) >= 11 is 0. The Hall–Kier alpha value is -1.36. The van der Waals surface area contributed by atoms with E-state index in [0.29, 0.717) is 12.0 Å². The number of hydrogen-bond donors (Lipinski definition) is 2. The van der Waals surface area contributed by atoms with Crippen molar-refractivity contribution in [1.29, 1.82) is 0 Å². The Kier molecular flexibility index (Phi) is 2.73. The lowest BCUT2D eigenvalue weighted by Gasteiger charge is -2.35. The van der Waals surface area contributed by atoms with Gasteiger partial charge in [-0.25, -0.2) is 4.98 Å². The van der Waals surface area contributed by atoms with Crippen molar-refractivity contribution in [2.75, 3.05) is 18.5 Å². The molecule has 0 saturated heterocycles. The molecule has 0 amide bonds. The monoisotopic (exact) mass is 208 g/mol. The number of hydrogen-bond acceptors (Lipinski definition) is 4. The molecule has 1 aliphatic rings. The van der Waals surface area contributed by atoms with Crippen LogP contribution in [0.1, 0.15) is 12.8 Å². The average Bonchev–Trinajstić information content (AvgIpc) is 2.15. The van der Waals surface area contributed by atoms with Gasteiger partial charge in [0.1, 0.15) is 5.82 Å². The van der Waals surface area contributed by atoms with Crippen molar-refractivity contribution >= 4 is 5.82 Å². The van der Waals surface area contributed by atoms with Crippen molar-refractivity contribution in [1.82, 2.24) is 9.97 Å². The molecule has 82 valence electrons. The summed E-state index contributed by atoms with van der Waals surface area (Å²) < 4.78 is 0. The summed E-state index contributed by atoms with van der Waals surface area (Å²) in [5, 5.41) is 0. The molecular formula is C10H16N4O. The highest BCUT2D eigenvalue weighted by atomic mass is 16.1. The third-order valence-electron chi connectivity index (χ3n) is 2.86. The molecule has 0 bridgehead atoms. The average molecular weight is 208 g/mol. The Morgan fingerprint density at radius 3 is 3.00 bits per heavy atom. The van der Waals surface area contributed by atoms with Crippen molar-refractivity contribution in [2.24, 2.45) is 11.7 Å². The number of anilines is 1. The van der Waals surface area contributed by atoms with Gasteiger partial charge in [-0.15, -0.1) is 0 Å². The van der Waals surface area contributed by atoms with E-state index in [0.717, 1.165) is 25.2 Å². The number of rotatable bonds is 3. The molecule has 0 radical (unpaired) electrons. The molecule has 1 fully saturated rings. The number of aromatic nitrogens is 2. The van der Waals surface area contributed by atoms with Gasteiger partial charge in [-0.05, 0) is 18.8 Å². The van der Waals surface area contributed by atoms with Gasteiger partial charge in [0.25, 0.3) is 5.56 Å². The Morgan fingerprint density at radius 1 is 1.67 bits per heavy atom. The molecule has 5 heteroatoms. The Labute approximate surface area is 88.3 Å². The normalized spacial score (nSPS) is 24.7. The summed E-state index contributed by atoms with van der Waals surface area (Å²) in [7, 11) is 1.95. The minimum absolute atomic E-state index is 0.114. The van der Waals surface area contributed by atoms with E-state index in [1.807, 2.05) is 11.9 Å². The number of nitrogens with two attached hydrogens (primary N) is 1. The second-order valence-corrected chi connectivity index (χ2v) is 4.25. The zero-order chi connectivity index (χ0) is 10.8. The number of nitrogens with one attached hydrogen (secondary N) is 1. The van der Waals surface area contributed by atoms with Crippen LogP contribution in [0.5, 0.6) is 0 Å². The van der Waals surface area contributed by atoms with Gasteiger partial charge in [0.15, 0.2) is 0 Å². The summed E-state index contributed by atoms with van der Waals surface area (Å²) in [6.45, 7) is 0.921. The van der Waals surface area contributed by atoms with Gasteiger partial charge in [0.05, 0.1) is 6.33 Å². The molecule has 0 atom stereocenters. The fourth-order valence-corrected chi connectivity index (χ4v) is 1.98. The van der Waals surface area contributed by atoms with Crippen molar-refractivity contribution in [3.63, 3.8) is 0 Å². The van der Waals surface area contributed by atoms with Crippen LogP contribution in [0.15, 0.2) is 17.2 Å². The molecule has 15 heavy (non-hydrogen) atoms. The van der Waals surface area contributed by atoms with E-state index in [-0.39, 0.29) is 5.56 Å². The molecular weight excluding hydrogens is 192 g/mol. The van der Waals surface area contributed by atoms with Crippen LogP contribution < -0.4 is 16.2 Å². The molecule has 1 heterocycles. The minimum Gasteiger partial charge on any atom is -0.359 e. The molecule has 0 aromatic carbocycles. The molecule has 2 rings (SSSR count). The van der Waals surface area contributed by atoms with E-state index >= 15 is 0 Å². The van der Waals surface area contributed by atoms with Crippen molar-refractivity contribution in [3.8, 4) is 0 Å². The molecule has 3 N–H and O–H groups in total. The van der Waals surface area contributed by atoms with Gasteiger partial charge in [-0.2, -0.15) is 0 Å². The first kappa shape index (κ1) is 10.2. The number of nitrogens with zero attached hydrogens (tertiary/aromatic N) is 2. The summed E-state index contributed by atoms with van der Waals surface area (Å²) in [4.78, 5) is 19.7. The highest BCUT2D eigenvalue weighted by Crippen LogP contribution is 2.26. The van der Waals surface area contributed by atoms with Gasteiger partial charge in [0.2, 0.25) is 0 Å². The molecule has 1 aromatic heterocycles. The smallest absolute Gasteiger partial charge is 0.252 e. The SMILES string of the molecule is CN(CC1CC(N)C1)c1cc(=O)[nH]cn1. The first-order valence-corrected chi connectivity index (χ1v) is 5.16. The Balaban J connectivity index is 1.96. The van der Waals surface area contributed by atoms with Crippen LogP contribution >= 0.6 is 0 Å². The predicted molar refractivity (Wildman–Crippen MR) is 58.8 cm³/mol. The van der Waals surface area contributed by atoms with E-state index in [9.17, 15) is 4.79 Å². The van der Waals surface area contributed by atoms with E-state index in [2.05, 4.69) is 9.97 Å². The van der Waals surface area contributed by atoms with Crippen LogP contribution in [0.25, 0.3) is 0 Å². The summed E-state index contributed by atoms with van der Waals surface area (Å²) in [6, 6.07) is 1.88. The fourth-order valence-electron chi connectivity index (χ4n) is 1.98. The number of H-pyrrole nitrogens is 1. The molecule has 0 unspecified atom stereocenters. The second-order valence-electron chi connectivity index (χ2n) is 4.25. The summed E-state index contributed by atoms with van der Waals surface area (Å²) in [5.41, 5.74) is 5.60. The zero-order valence-corrected chi connectivity index (χ0v) is 8.81. The minimum atomic E-state index is -0.114. The van der Waals surface area contributed by atoms with E-state index in [4.69, 9.17) is 5.73 Å². The molecule has 1 saturated carbocycles. The molecule has 1 aromatic rings. The van der Waals surface area contributed by atoms with Gasteiger partial charge in [0, 0.05) is 25.7 Å². The summed E-state index contributed by atoms with van der Waals surface area (Å²) in [6.07, 6.45) is 3.59. The third-order valence-corrected chi connectivity index (χ3v) is 2.86. The second kappa shape index (κ2) is 4.02. The maximum absolute atomic E-state index is 11.1. The maximum Gasteiger partial charge on any atom is 0.252 e. The van der Waals surface area contributed by atoms with Gasteiger partial charge in [-0.1, -0.05) is 0 Å². The van der Waals surface area contributed by atoms with Crippen LogP contribution in [0.3, 0.4) is 0 Å². The third kappa shape index (κ3) is 2.36. The van der Waals surface area contributed by atoms with E-state index in [1.54, 1.807) is 0 Å². The van der Waals surface area contributed by atoms with Crippen molar-refractivity contribution in [3.05, 3.63) is 22.7 Å². The lowest BCUT2D eigenvalue weighted by atomic mass is 9.81. The quantitative estimate of drug-likeness (QED) is 0.730. The first-order chi connectivity index (χ1) is 7.15. The Morgan fingerprint density at radius 2 is 2.40 bits per heavy atom. The van der Waals surface area contributed by atoms with Crippen LogP contribution in [-0.4, -0.2) is 29.6 Å². The maximum atomic E-state index is 11.1. The topological polar surface area (TPSA) is 75.0 Å². The first-order valence-electron chi connectivity index (χ1n) is 5.16. The highest BCUT2D eigenvalue weighted by Gasteiger charge is 2.26. The molecule has 0 spiro atoms. The van der Waals surface area contributed by atoms with Crippen LogP contribution in [0.2, 0.25) is 0 Å². The van der Waals surface area contributed by atoms with Crippen molar-refractivity contribution in [2.45, 2.75) is 18.9 Å². The van der Waals surface area contributed by atoms with Crippen molar-refractivity contribution < 1.29 is 0 Å². The summed E-state index contributed by atoms with van der Waals surface area (Å²) in [5.74, 6) is 1.37. The molecule has 0 aliphatic heterocycles. The standard InChI is InChI=1S/C10H16N4O/c1-14(5-7-2-8(11)3-7)9-4-10(15)13-6-12-9/h4,6-8H,2-3,5,11H2,1H3,(H,12,13,15). The highest BCUT2D eigenvalue weighted by molar-refractivity contribution is 5.35. The van der Waals surface area contributed by atoms with Crippen LogP contribution in [0.4, 0.5) is 5.82 Å². The predicted octanol–water partition coefficient (Wildman–Crippen LogP) is -0.0566. The zero-order valence-electron chi connectivity index (χ0n) is 8.81. The van der Waals surface area contributed by atoms with Crippen LogP contribution in [-0.2, 0) is 0 Å².